The molecule has 2 N–H and O–H groups in total. The second-order valence-electron chi connectivity index (χ2n) is 7.47. The minimum atomic E-state index is -3.74. The van der Waals surface area contributed by atoms with Crippen LogP contribution in [0, 0.1) is 5.92 Å². The van der Waals surface area contributed by atoms with E-state index in [1.807, 2.05) is 11.8 Å². The number of sulfonamides is 1. The zero-order valence-corrected chi connectivity index (χ0v) is 18.5. The van der Waals surface area contributed by atoms with Gasteiger partial charge in [-0.1, -0.05) is 18.5 Å². The molecule has 0 bridgehead atoms. The highest BCUT2D eigenvalue weighted by molar-refractivity contribution is 9.10. The van der Waals surface area contributed by atoms with Crippen LogP contribution in [0.25, 0.3) is 0 Å². The standard InChI is InChI=1S/C18H26BrClN2O4S/c1-12-10-21(11-17(12)24)14-8-15(19)18(16(20)9-14)27(25,26)22-6-2-4-13(22)5-3-7-23/h8-9,12-13,17,23-24H,2-7,10-11H2,1H3/t12-,13?,17-/m1/s1. The molecule has 3 atom stereocenters. The first-order valence-electron chi connectivity index (χ1n) is 9.30. The van der Waals surface area contributed by atoms with E-state index in [9.17, 15) is 13.5 Å². The van der Waals surface area contributed by atoms with Gasteiger partial charge in [-0.05, 0) is 53.7 Å². The molecule has 2 aliphatic rings. The summed E-state index contributed by atoms with van der Waals surface area (Å²) in [5.41, 5.74) is 0.799. The summed E-state index contributed by atoms with van der Waals surface area (Å²) in [4.78, 5) is 2.11. The van der Waals surface area contributed by atoms with Gasteiger partial charge in [0.05, 0.1) is 11.1 Å². The van der Waals surface area contributed by atoms with Crippen LogP contribution in [0.1, 0.15) is 32.6 Å². The van der Waals surface area contributed by atoms with E-state index in [-0.39, 0.29) is 28.5 Å². The van der Waals surface area contributed by atoms with Crippen molar-refractivity contribution in [1.29, 1.82) is 0 Å². The maximum absolute atomic E-state index is 13.3. The van der Waals surface area contributed by atoms with E-state index in [0.29, 0.717) is 36.9 Å². The van der Waals surface area contributed by atoms with Crippen molar-refractivity contribution in [2.24, 2.45) is 5.92 Å². The van der Waals surface area contributed by atoms with Gasteiger partial charge in [-0.15, -0.1) is 0 Å². The van der Waals surface area contributed by atoms with Crippen molar-refractivity contribution in [3.8, 4) is 0 Å². The largest absolute Gasteiger partial charge is 0.396 e. The van der Waals surface area contributed by atoms with Crippen LogP contribution in [0.5, 0.6) is 0 Å². The average Bonchev–Trinajstić information content (AvgIpc) is 3.19. The summed E-state index contributed by atoms with van der Waals surface area (Å²) >= 11 is 9.85. The number of hydrogen-bond acceptors (Lipinski definition) is 5. The molecular formula is C18H26BrClN2O4S. The van der Waals surface area contributed by atoms with E-state index in [4.69, 9.17) is 16.7 Å². The Hall–Kier alpha value is -0.380. The van der Waals surface area contributed by atoms with Gasteiger partial charge in [-0.3, -0.25) is 0 Å². The summed E-state index contributed by atoms with van der Waals surface area (Å²) < 4.78 is 28.5. The Morgan fingerprint density at radius 2 is 2.07 bits per heavy atom. The molecule has 0 aromatic heterocycles. The molecule has 1 aromatic carbocycles. The molecule has 27 heavy (non-hydrogen) atoms. The molecule has 152 valence electrons. The average molecular weight is 482 g/mol. The molecule has 2 saturated heterocycles. The van der Waals surface area contributed by atoms with Crippen LogP contribution in [0.4, 0.5) is 5.69 Å². The number of rotatable bonds is 6. The van der Waals surface area contributed by atoms with Gasteiger partial charge >= 0.3 is 0 Å². The van der Waals surface area contributed by atoms with E-state index in [0.717, 1.165) is 18.5 Å². The van der Waals surface area contributed by atoms with Crippen molar-refractivity contribution < 1.29 is 18.6 Å². The Kier molecular flexibility index (Phi) is 6.75. The van der Waals surface area contributed by atoms with Gasteiger partial charge in [0.15, 0.2) is 0 Å². The molecule has 0 saturated carbocycles. The van der Waals surface area contributed by atoms with Crippen molar-refractivity contribution in [3.05, 3.63) is 21.6 Å². The molecule has 2 heterocycles. The molecule has 2 fully saturated rings. The number of β-amino-alcohol motifs (C(OH)–C–C–N with tert-alkyl or cyclic N) is 1. The van der Waals surface area contributed by atoms with Crippen molar-refractivity contribution in [2.45, 2.75) is 49.6 Å². The molecule has 6 nitrogen and oxygen atoms in total. The maximum atomic E-state index is 13.3. The Balaban J connectivity index is 1.90. The smallest absolute Gasteiger partial charge is 0.245 e. The van der Waals surface area contributed by atoms with Crippen LogP contribution in [0.15, 0.2) is 21.5 Å². The zero-order chi connectivity index (χ0) is 19.8. The molecule has 2 aliphatic heterocycles. The molecule has 0 spiro atoms. The van der Waals surface area contributed by atoms with Gasteiger partial charge < -0.3 is 15.1 Å². The number of anilines is 1. The van der Waals surface area contributed by atoms with E-state index >= 15 is 0 Å². The molecular weight excluding hydrogens is 456 g/mol. The van der Waals surface area contributed by atoms with Gasteiger partial charge in [-0.25, -0.2) is 8.42 Å². The van der Waals surface area contributed by atoms with Crippen LogP contribution in [-0.2, 0) is 10.0 Å². The first kappa shape index (κ1) is 21.3. The lowest BCUT2D eigenvalue weighted by Crippen LogP contribution is -2.36. The molecule has 0 radical (unpaired) electrons. The Morgan fingerprint density at radius 1 is 1.33 bits per heavy atom. The Morgan fingerprint density at radius 3 is 2.67 bits per heavy atom. The monoisotopic (exact) mass is 480 g/mol. The lowest BCUT2D eigenvalue weighted by Gasteiger charge is -2.26. The summed E-state index contributed by atoms with van der Waals surface area (Å²) in [7, 11) is -3.74. The molecule has 0 amide bonds. The minimum absolute atomic E-state index is 0.0592. The Labute approximate surface area is 174 Å². The van der Waals surface area contributed by atoms with Crippen LogP contribution in [0.3, 0.4) is 0 Å². The number of hydrogen-bond donors (Lipinski definition) is 2. The quantitative estimate of drug-likeness (QED) is 0.653. The highest BCUT2D eigenvalue weighted by Gasteiger charge is 2.38. The van der Waals surface area contributed by atoms with Crippen LogP contribution in [-0.4, -0.2) is 61.3 Å². The molecule has 1 unspecified atom stereocenters. The molecule has 9 heteroatoms. The summed E-state index contributed by atoms with van der Waals surface area (Å²) in [6, 6.07) is 3.34. The van der Waals surface area contributed by atoms with Gasteiger partial charge in [-0.2, -0.15) is 4.31 Å². The number of halogens is 2. The zero-order valence-electron chi connectivity index (χ0n) is 15.3. The fourth-order valence-electron chi connectivity index (χ4n) is 3.99. The lowest BCUT2D eigenvalue weighted by molar-refractivity contribution is 0.157. The summed E-state index contributed by atoms with van der Waals surface area (Å²) in [6.45, 7) is 3.72. The fraction of sp³-hybridized carbons (Fsp3) is 0.667. The maximum Gasteiger partial charge on any atom is 0.245 e. The summed E-state index contributed by atoms with van der Waals surface area (Å²) in [6.07, 6.45) is 2.44. The SMILES string of the molecule is C[C@@H]1CN(c2cc(Cl)c(S(=O)(=O)N3CCCC3CCCO)c(Br)c2)C[C@H]1O. The first-order chi connectivity index (χ1) is 12.8. The van der Waals surface area contributed by atoms with Crippen molar-refractivity contribution in [3.63, 3.8) is 0 Å². The third-order valence-corrected chi connectivity index (χ3v) is 8.86. The van der Waals surface area contributed by atoms with Crippen LogP contribution in [0.2, 0.25) is 5.02 Å². The topological polar surface area (TPSA) is 81.1 Å². The van der Waals surface area contributed by atoms with Gasteiger partial charge in [0, 0.05) is 48.4 Å². The van der Waals surface area contributed by atoms with Crippen LogP contribution < -0.4 is 4.90 Å². The minimum Gasteiger partial charge on any atom is -0.396 e. The fourth-order valence-corrected chi connectivity index (χ4v) is 7.49. The van der Waals surface area contributed by atoms with E-state index in [1.54, 1.807) is 12.1 Å². The second kappa shape index (κ2) is 8.55. The van der Waals surface area contributed by atoms with Gasteiger partial charge in [0.2, 0.25) is 10.0 Å². The molecule has 0 aliphatic carbocycles. The van der Waals surface area contributed by atoms with Crippen molar-refractivity contribution in [1.82, 2.24) is 4.31 Å². The molecule has 3 rings (SSSR count). The second-order valence-corrected chi connectivity index (χ2v) is 10.6. The summed E-state index contributed by atoms with van der Waals surface area (Å²) in [5, 5.41) is 19.2. The predicted molar refractivity (Wildman–Crippen MR) is 110 cm³/mol. The first-order valence-corrected chi connectivity index (χ1v) is 11.9. The third-order valence-electron chi connectivity index (χ3n) is 5.51. The van der Waals surface area contributed by atoms with Gasteiger partial charge in [0.25, 0.3) is 0 Å². The van der Waals surface area contributed by atoms with Crippen LogP contribution >= 0.6 is 27.5 Å². The predicted octanol–water partition coefficient (Wildman–Crippen LogP) is 2.85. The lowest BCUT2D eigenvalue weighted by atomic mass is 10.1. The van der Waals surface area contributed by atoms with E-state index in [1.165, 1.54) is 4.31 Å². The van der Waals surface area contributed by atoms with Crippen molar-refractivity contribution in [2.75, 3.05) is 31.1 Å². The van der Waals surface area contributed by atoms with E-state index < -0.39 is 16.1 Å². The van der Waals surface area contributed by atoms with Gasteiger partial charge in [0.1, 0.15) is 4.90 Å². The normalized spacial score (nSPS) is 26.9. The molecule has 1 aromatic rings. The number of nitrogens with zero attached hydrogens (tertiary/aromatic N) is 2. The third kappa shape index (κ3) is 4.31. The Bertz CT molecular complexity index is 759. The summed E-state index contributed by atoms with van der Waals surface area (Å²) in [5.74, 6) is 0.155. The van der Waals surface area contributed by atoms with E-state index in [2.05, 4.69) is 15.9 Å². The highest BCUT2D eigenvalue weighted by Crippen LogP contribution is 2.39. The number of benzene rings is 1. The van der Waals surface area contributed by atoms with Crippen molar-refractivity contribution >= 4 is 43.2 Å². The number of aliphatic hydroxyl groups is 2. The number of aliphatic hydroxyl groups excluding tert-OH is 2. The highest BCUT2D eigenvalue weighted by atomic mass is 79.9.